The van der Waals surface area contributed by atoms with Crippen LogP contribution in [0.2, 0.25) is 0 Å². The molecule has 1 spiro atoms. The van der Waals surface area contributed by atoms with E-state index in [2.05, 4.69) is 0 Å². The molecule has 0 aromatic rings. The highest BCUT2D eigenvalue weighted by atomic mass is 32.2. The van der Waals surface area contributed by atoms with Gasteiger partial charge in [0.1, 0.15) is 0 Å². The minimum atomic E-state index is -1.09. The van der Waals surface area contributed by atoms with E-state index in [-0.39, 0.29) is 16.6 Å². The molecule has 3 atom stereocenters. The number of aliphatic carboxylic acids is 1. The summed E-state index contributed by atoms with van der Waals surface area (Å²) < 4.78 is 23.6. The molecular formula is C13H22O5S. The van der Waals surface area contributed by atoms with Crippen LogP contribution >= 0.6 is 0 Å². The Morgan fingerprint density at radius 3 is 2.74 bits per heavy atom. The number of ether oxygens (including phenoxy) is 2. The summed E-state index contributed by atoms with van der Waals surface area (Å²) in [5.41, 5.74) is -0.177. The van der Waals surface area contributed by atoms with Crippen molar-refractivity contribution >= 4 is 16.8 Å². The molecule has 0 saturated carbocycles. The van der Waals surface area contributed by atoms with Crippen LogP contribution in [-0.2, 0) is 25.1 Å². The first-order valence-corrected chi connectivity index (χ1v) is 8.22. The molecule has 19 heavy (non-hydrogen) atoms. The number of carboxylic acid groups (broad SMARTS) is 1. The van der Waals surface area contributed by atoms with Gasteiger partial charge in [0.2, 0.25) is 0 Å². The molecule has 6 heteroatoms. The Morgan fingerprint density at radius 2 is 2.11 bits per heavy atom. The maximum absolute atomic E-state index is 12.3. The molecule has 2 saturated heterocycles. The summed E-state index contributed by atoms with van der Waals surface area (Å²) in [6, 6.07) is 0. The molecule has 2 rings (SSSR count). The summed E-state index contributed by atoms with van der Waals surface area (Å²) in [7, 11) is -1.09. The van der Waals surface area contributed by atoms with Crippen molar-refractivity contribution in [2.75, 3.05) is 25.6 Å². The summed E-state index contributed by atoms with van der Waals surface area (Å²) in [5.74, 6) is -1.18. The molecule has 0 bridgehead atoms. The van der Waals surface area contributed by atoms with Gasteiger partial charge in [-0.3, -0.25) is 9.00 Å². The molecule has 2 aliphatic rings. The van der Waals surface area contributed by atoms with Gasteiger partial charge in [-0.1, -0.05) is 6.92 Å². The standard InChI is InChI=1S/C13H22O5S/c1-10(12(14)15)9-19(16)11-2-5-18-13(8-11)3-6-17-7-4-13/h10-11H,2-9H2,1H3,(H,14,15). The van der Waals surface area contributed by atoms with E-state index >= 15 is 0 Å². The fraction of sp³-hybridized carbons (Fsp3) is 0.923. The van der Waals surface area contributed by atoms with Crippen LogP contribution in [0.15, 0.2) is 0 Å². The summed E-state index contributed by atoms with van der Waals surface area (Å²) in [6.07, 6.45) is 3.25. The van der Waals surface area contributed by atoms with Crippen LogP contribution in [-0.4, -0.2) is 51.7 Å². The Balaban J connectivity index is 1.93. The second-order valence-electron chi connectivity index (χ2n) is 5.55. The van der Waals surface area contributed by atoms with Crippen molar-refractivity contribution in [3.8, 4) is 0 Å². The summed E-state index contributed by atoms with van der Waals surface area (Å²) in [6.45, 7) is 3.64. The van der Waals surface area contributed by atoms with Crippen molar-refractivity contribution in [2.45, 2.75) is 43.5 Å². The fourth-order valence-corrected chi connectivity index (χ4v) is 4.51. The van der Waals surface area contributed by atoms with Gasteiger partial charge in [-0.05, 0) is 25.7 Å². The summed E-state index contributed by atoms with van der Waals surface area (Å²) >= 11 is 0. The van der Waals surface area contributed by atoms with Crippen molar-refractivity contribution in [3.63, 3.8) is 0 Å². The third-order valence-corrected chi connectivity index (χ3v) is 6.03. The van der Waals surface area contributed by atoms with E-state index in [1.807, 2.05) is 0 Å². The maximum atomic E-state index is 12.3. The van der Waals surface area contributed by atoms with E-state index in [0.717, 1.165) is 25.7 Å². The normalized spacial score (nSPS) is 29.8. The molecule has 2 fully saturated rings. The second kappa shape index (κ2) is 6.33. The van der Waals surface area contributed by atoms with Gasteiger partial charge in [0.15, 0.2) is 0 Å². The Morgan fingerprint density at radius 1 is 1.42 bits per heavy atom. The maximum Gasteiger partial charge on any atom is 0.307 e. The average Bonchev–Trinajstić information content (AvgIpc) is 2.39. The highest BCUT2D eigenvalue weighted by Gasteiger charge is 2.41. The molecular weight excluding hydrogens is 268 g/mol. The van der Waals surface area contributed by atoms with Crippen LogP contribution in [0.4, 0.5) is 0 Å². The highest BCUT2D eigenvalue weighted by Crippen LogP contribution is 2.36. The molecule has 0 aromatic heterocycles. The second-order valence-corrected chi connectivity index (χ2v) is 7.31. The third kappa shape index (κ3) is 3.77. The smallest absolute Gasteiger partial charge is 0.307 e. The number of hydrogen-bond donors (Lipinski definition) is 1. The lowest BCUT2D eigenvalue weighted by molar-refractivity contribution is -0.140. The topological polar surface area (TPSA) is 72.8 Å². The largest absolute Gasteiger partial charge is 0.481 e. The van der Waals surface area contributed by atoms with Crippen LogP contribution in [0.1, 0.15) is 32.6 Å². The first kappa shape index (κ1) is 14.9. The van der Waals surface area contributed by atoms with Crippen LogP contribution < -0.4 is 0 Å². The molecule has 2 heterocycles. The van der Waals surface area contributed by atoms with Crippen LogP contribution in [0.3, 0.4) is 0 Å². The van der Waals surface area contributed by atoms with Gasteiger partial charge in [0.25, 0.3) is 0 Å². The SMILES string of the molecule is CC(CS(=O)C1CCOC2(CCOCC2)C1)C(=O)O. The van der Waals surface area contributed by atoms with Gasteiger partial charge in [-0.15, -0.1) is 0 Å². The number of rotatable bonds is 4. The van der Waals surface area contributed by atoms with Crippen molar-refractivity contribution in [3.05, 3.63) is 0 Å². The molecule has 3 unspecified atom stereocenters. The minimum Gasteiger partial charge on any atom is -0.481 e. The van der Waals surface area contributed by atoms with Gasteiger partial charge >= 0.3 is 5.97 Å². The Bertz CT molecular complexity index is 345. The van der Waals surface area contributed by atoms with Gasteiger partial charge in [0, 0.05) is 41.6 Å². The van der Waals surface area contributed by atoms with Crippen molar-refractivity contribution in [1.82, 2.24) is 0 Å². The van der Waals surface area contributed by atoms with Crippen LogP contribution in [0.25, 0.3) is 0 Å². The Kier molecular flexibility index (Phi) is 4.97. The average molecular weight is 290 g/mol. The first-order chi connectivity index (χ1) is 9.02. The lowest BCUT2D eigenvalue weighted by atomic mass is 9.86. The molecule has 0 aromatic carbocycles. The molecule has 2 aliphatic heterocycles. The number of hydrogen-bond acceptors (Lipinski definition) is 4. The van der Waals surface area contributed by atoms with Crippen molar-refractivity contribution in [1.29, 1.82) is 0 Å². The van der Waals surface area contributed by atoms with Crippen LogP contribution in [0, 0.1) is 5.92 Å². The summed E-state index contributed by atoms with van der Waals surface area (Å²) in [4.78, 5) is 10.8. The molecule has 0 amide bonds. The zero-order valence-electron chi connectivity index (χ0n) is 11.3. The molecule has 1 N–H and O–H groups in total. The van der Waals surface area contributed by atoms with E-state index in [0.29, 0.717) is 19.8 Å². The number of carboxylic acids is 1. The van der Waals surface area contributed by atoms with Crippen molar-refractivity contribution < 1.29 is 23.6 Å². The zero-order valence-corrected chi connectivity index (χ0v) is 12.1. The van der Waals surface area contributed by atoms with Crippen molar-refractivity contribution in [2.24, 2.45) is 5.92 Å². The molecule has 0 aliphatic carbocycles. The van der Waals surface area contributed by atoms with Gasteiger partial charge in [0.05, 0.1) is 11.5 Å². The predicted octanol–water partition coefficient (Wildman–Crippen LogP) is 1.18. The quantitative estimate of drug-likeness (QED) is 0.842. The molecule has 110 valence electrons. The summed E-state index contributed by atoms with van der Waals surface area (Å²) in [5, 5.41) is 8.96. The minimum absolute atomic E-state index is 0.0636. The van der Waals surface area contributed by atoms with E-state index in [4.69, 9.17) is 14.6 Å². The van der Waals surface area contributed by atoms with E-state index in [1.165, 1.54) is 0 Å². The first-order valence-electron chi connectivity index (χ1n) is 6.84. The zero-order chi connectivity index (χ0) is 13.9. The number of carbonyl (C=O) groups is 1. The van der Waals surface area contributed by atoms with E-state index in [9.17, 15) is 9.00 Å². The Hall–Kier alpha value is -0.460. The van der Waals surface area contributed by atoms with Gasteiger partial charge in [-0.2, -0.15) is 0 Å². The monoisotopic (exact) mass is 290 g/mol. The fourth-order valence-electron chi connectivity index (χ4n) is 2.75. The lowest BCUT2D eigenvalue weighted by Crippen LogP contribution is -2.47. The van der Waals surface area contributed by atoms with E-state index < -0.39 is 22.7 Å². The van der Waals surface area contributed by atoms with E-state index in [1.54, 1.807) is 6.92 Å². The van der Waals surface area contributed by atoms with Crippen LogP contribution in [0.5, 0.6) is 0 Å². The lowest BCUT2D eigenvalue weighted by Gasteiger charge is -2.43. The van der Waals surface area contributed by atoms with Gasteiger partial charge < -0.3 is 14.6 Å². The van der Waals surface area contributed by atoms with Gasteiger partial charge in [-0.25, -0.2) is 0 Å². The molecule has 0 radical (unpaired) electrons. The molecule has 5 nitrogen and oxygen atoms in total. The Labute approximate surface area is 116 Å². The predicted molar refractivity (Wildman–Crippen MR) is 71.6 cm³/mol. The third-order valence-electron chi connectivity index (χ3n) is 4.06. The highest BCUT2D eigenvalue weighted by molar-refractivity contribution is 7.85.